The van der Waals surface area contributed by atoms with Crippen LogP contribution in [0.2, 0.25) is 0 Å². The first-order chi connectivity index (χ1) is 7.07. The minimum atomic E-state index is -1.78. The monoisotopic (exact) mass is 217 g/mol. The molecule has 5 nitrogen and oxygen atoms in total. The molecule has 1 atom stereocenters. The van der Waals surface area contributed by atoms with E-state index >= 15 is 0 Å². The number of carboxylic acids is 1. The summed E-state index contributed by atoms with van der Waals surface area (Å²) in [6.07, 6.45) is 3.57. The third kappa shape index (κ3) is 7.93. The van der Waals surface area contributed by atoms with Crippen molar-refractivity contribution < 1.29 is 19.8 Å². The molecule has 15 heavy (non-hydrogen) atoms. The number of rotatable bonds is 8. The highest BCUT2D eigenvalue weighted by Gasteiger charge is 2.14. The molecule has 0 fully saturated rings. The minimum Gasteiger partial charge on any atom is -0.478 e. The van der Waals surface area contributed by atoms with Crippen LogP contribution in [0.3, 0.4) is 0 Å². The molecule has 0 aliphatic carbocycles. The van der Waals surface area contributed by atoms with Gasteiger partial charge in [0.2, 0.25) is 12.1 Å². The second kappa shape index (κ2) is 8.23. The number of amides is 1. The van der Waals surface area contributed by atoms with E-state index in [0.29, 0.717) is 0 Å². The summed E-state index contributed by atoms with van der Waals surface area (Å²) >= 11 is 0. The molecule has 0 saturated heterocycles. The molecule has 0 aromatic carbocycles. The molecule has 1 amide bonds. The van der Waals surface area contributed by atoms with Crippen LogP contribution in [-0.4, -0.2) is 28.3 Å². The fourth-order valence-corrected chi connectivity index (χ4v) is 1.18. The average molecular weight is 217 g/mol. The van der Waals surface area contributed by atoms with Gasteiger partial charge in [0, 0.05) is 6.42 Å². The molecule has 0 heterocycles. The van der Waals surface area contributed by atoms with E-state index in [1.54, 1.807) is 0 Å². The Balaban J connectivity index is 3.45. The number of carbonyl (C=O) groups is 2. The van der Waals surface area contributed by atoms with Gasteiger partial charge < -0.3 is 15.5 Å². The molecular weight excluding hydrogens is 198 g/mol. The van der Waals surface area contributed by atoms with E-state index in [9.17, 15) is 9.59 Å². The fraction of sp³-hybridized carbons (Fsp3) is 0.800. The standard InChI is InChI=1S/C10H19NO4/c1-2-3-4-5-6-7-8(12)11-9(13)10(14)15/h9,13H,2-7H2,1H3,(H,11,12)(H,14,15)/t9-/m1/s1. The zero-order valence-electron chi connectivity index (χ0n) is 9.03. The maximum atomic E-state index is 11.1. The van der Waals surface area contributed by atoms with Crippen LogP contribution in [-0.2, 0) is 9.59 Å². The van der Waals surface area contributed by atoms with Crippen LogP contribution in [0, 0.1) is 0 Å². The molecule has 0 saturated carbocycles. The summed E-state index contributed by atoms with van der Waals surface area (Å²) in [5.74, 6) is -1.85. The Hall–Kier alpha value is -1.10. The summed E-state index contributed by atoms with van der Waals surface area (Å²) in [6, 6.07) is 0. The predicted octanol–water partition coefficient (Wildman–Crippen LogP) is 0.866. The van der Waals surface area contributed by atoms with Gasteiger partial charge in [-0.3, -0.25) is 4.79 Å². The van der Waals surface area contributed by atoms with Gasteiger partial charge in [0.05, 0.1) is 0 Å². The first-order valence-corrected chi connectivity index (χ1v) is 5.28. The zero-order chi connectivity index (χ0) is 11.7. The van der Waals surface area contributed by atoms with Gasteiger partial charge in [0.15, 0.2) is 0 Å². The topological polar surface area (TPSA) is 86.6 Å². The van der Waals surface area contributed by atoms with E-state index in [1.165, 1.54) is 0 Å². The van der Waals surface area contributed by atoms with Crippen molar-refractivity contribution in [3.63, 3.8) is 0 Å². The highest BCUT2D eigenvalue weighted by atomic mass is 16.4. The molecule has 0 aromatic rings. The molecular formula is C10H19NO4. The number of aliphatic hydroxyl groups excluding tert-OH is 1. The number of unbranched alkanes of at least 4 members (excludes halogenated alkanes) is 4. The fourth-order valence-electron chi connectivity index (χ4n) is 1.18. The summed E-state index contributed by atoms with van der Waals surface area (Å²) in [4.78, 5) is 21.2. The quantitative estimate of drug-likeness (QED) is 0.416. The number of aliphatic hydroxyl groups is 1. The third-order valence-corrected chi connectivity index (χ3v) is 2.04. The summed E-state index contributed by atoms with van der Waals surface area (Å²) < 4.78 is 0. The Bertz CT molecular complexity index is 206. The molecule has 88 valence electrons. The summed E-state index contributed by atoms with van der Waals surface area (Å²) in [5, 5.41) is 19.1. The molecule has 0 aliphatic heterocycles. The van der Waals surface area contributed by atoms with Crippen LogP contribution in [0.15, 0.2) is 0 Å². The van der Waals surface area contributed by atoms with Gasteiger partial charge in [-0.25, -0.2) is 4.79 Å². The Morgan fingerprint density at radius 2 is 1.80 bits per heavy atom. The van der Waals surface area contributed by atoms with Crippen LogP contribution in [0.1, 0.15) is 45.4 Å². The number of carbonyl (C=O) groups excluding carboxylic acids is 1. The van der Waals surface area contributed by atoms with Crippen LogP contribution >= 0.6 is 0 Å². The molecule has 0 aromatic heterocycles. The zero-order valence-corrected chi connectivity index (χ0v) is 9.03. The first kappa shape index (κ1) is 13.9. The largest absolute Gasteiger partial charge is 0.478 e. The Kier molecular flexibility index (Phi) is 7.62. The Morgan fingerprint density at radius 1 is 1.20 bits per heavy atom. The van der Waals surface area contributed by atoms with Crippen molar-refractivity contribution in [2.75, 3.05) is 0 Å². The van der Waals surface area contributed by atoms with Gasteiger partial charge in [-0.05, 0) is 6.42 Å². The predicted molar refractivity (Wildman–Crippen MR) is 55.2 cm³/mol. The van der Waals surface area contributed by atoms with Gasteiger partial charge >= 0.3 is 5.97 Å². The highest BCUT2D eigenvalue weighted by molar-refractivity contribution is 5.82. The lowest BCUT2D eigenvalue weighted by Gasteiger charge is -2.07. The second-order valence-electron chi connectivity index (χ2n) is 3.47. The maximum Gasteiger partial charge on any atom is 0.353 e. The van der Waals surface area contributed by atoms with E-state index < -0.39 is 18.1 Å². The normalized spacial score (nSPS) is 12.1. The molecule has 3 N–H and O–H groups in total. The summed E-state index contributed by atoms with van der Waals surface area (Å²) in [7, 11) is 0. The van der Waals surface area contributed by atoms with Crippen molar-refractivity contribution in [1.82, 2.24) is 5.32 Å². The van der Waals surface area contributed by atoms with Gasteiger partial charge in [0.1, 0.15) is 0 Å². The molecule has 5 heteroatoms. The van der Waals surface area contributed by atoms with Crippen molar-refractivity contribution >= 4 is 11.9 Å². The average Bonchev–Trinajstić information content (AvgIpc) is 2.17. The van der Waals surface area contributed by atoms with Crippen molar-refractivity contribution in [1.29, 1.82) is 0 Å². The summed E-state index contributed by atoms with van der Waals surface area (Å²) in [5.41, 5.74) is 0. The lowest BCUT2D eigenvalue weighted by Crippen LogP contribution is -2.40. The smallest absolute Gasteiger partial charge is 0.353 e. The van der Waals surface area contributed by atoms with Crippen molar-refractivity contribution in [3.8, 4) is 0 Å². The van der Waals surface area contributed by atoms with E-state index in [2.05, 4.69) is 6.92 Å². The van der Waals surface area contributed by atoms with Gasteiger partial charge in [-0.2, -0.15) is 0 Å². The van der Waals surface area contributed by atoms with Crippen LogP contribution in [0.5, 0.6) is 0 Å². The maximum absolute atomic E-state index is 11.1. The van der Waals surface area contributed by atoms with Gasteiger partial charge in [0.25, 0.3) is 0 Å². The molecule has 0 bridgehead atoms. The van der Waals surface area contributed by atoms with Crippen molar-refractivity contribution in [2.24, 2.45) is 0 Å². The van der Waals surface area contributed by atoms with E-state index in [-0.39, 0.29) is 6.42 Å². The molecule has 0 rings (SSSR count). The number of hydrogen-bond acceptors (Lipinski definition) is 3. The number of carboxylic acid groups (broad SMARTS) is 1. The third-order valence-electron chi connectivity index (χ3n) is 2.04. The lowest BCUT2D eigenvalue weighted by molar-refractivity contribution is -0.151. The van der Waals surface area contributed by atoms with E-state index in [0.717, 1.165) is 32.1 Å². The van der Waals surface area contributed by atoms with Gasteiger partial charge in [-0.15, -0.1) is 0 Å². The van der Waals surface area contributed by atoms with Crippen LogP contribution < -0.4 is 5.32 Å². The van der Waals surface area contributed by atoms with E-state index in [1.807, 2.05) is 5.32 Å². The van der Waals surface area contributed by atoms with Gasteiger partial charge in [-0.1, -0.05) is 32.6 Å². The molecule has 0 spiro atoms. The number of aliphatic carboxylic acids is 1. The molecule has 0 radical (unpaired) electrons. The molecule has 0 aliphatic rings. The lowest BCUT2D eigenvalue weighted by atomic mass is 10.1. The second-order valence-corrected chi connectivity index (χ2v) is 3.47. The summed E-state index contributed by atoms with van der Waals surface area (Å²) in [6.45, 7) is 2.11. The number of nitrogens with one attached hydrogen (secondary N) is 1. The van der Waals surface area contributed by atoms with Crippen LogP contribution in [0.25, 0.3) is 0 Å². The Labute approximate surface area is 89.5 Å². The van der Waals surface area contributed by atoms with Crippen LogP contribution in [0.4, 0.5) is 0 Å². The van der Waals surface area contributed by atoms with Crippen molar-refractivity contribution in [3.05, 3.63) is 0 Å². The highest BCUT2D eigenvalue weighted by Crippen LogP contribution is 2.04. The number of hydrogen-bond donors (Lipinski definition) is 3. The molecule has 0 unspecified atom stereocenters. The minimum absolute atomic E-state index is 0.272. The SMILES string of the molecule is CCCCCCCC(=O)N[C@H](O)C(=O)O. The first-order valence-electron chi connectivity index (χ1n) is 5.28. The van der Waals surface area contributed by atoms with E-state index in [4.69, 9.17) is 10.2 Å². The van der Waals surface area contributed by atoms with Crippen molar-refractivity contribution in [2.45, 2.75) is 51.7 Å². The Morgan fingerprint density at radius 3 is 2.33 bits per heavy atom.